The summed E-state index contributed by atoms with van der Waals surface area (Å²) in [4.78, 5) is 29.5. The van der Waals surface area contributed by atoms with Crippen molar-refractivity contribution in [3.05, 3.63) is 48.0 Å². The lowest BCUT2D eigenvalue weighted by Gasteiger charge is -2.33. The van der Waals surface area contributed by atoms with Crippen molar-refractivity contribution in [3.8, 4) is 17.2 Å². The summed E-state index contributed by atoms with van der Waals surface area (Å²) in [5, 5.41) is 0. The number of benzene rings is 2. The molecule has 2 aliphatic rings. The maximum absolute atomic E-state index is 13.2. The van der Waals surface area contributed by atoms with Crippen LogP contribution in [-0.2, 0) is 9.59 Å². The number of para-hydroxylation sites is 2. The number of carbonyl (C=O) groups is 2. The lowest BCUT2D eigenvalue weighted by Crippen LogP contribution is -2.46. The molecule has 0 spiro atoms. The molecule has 2 unspecified atom stereocenters. The van der Waals surface area contributed by atoms with E-state index < -0.39 is 6.10 Å². The van der Waals surface area contributed by atoms with E-state index in [4.69, 9.17) is 14.2 Å². The third-order valence-electron chi connectivity index (χ3n) is 5.99. The van der Waals surface area contributed by atoms with Gasteiger partial charge in [0.05, 0.1) is 25.9 Å². The van der Waals surface area contributed by atoms with Gasteiger partial charge in [-0.2, -0.15) is 0 Å². The molecule has 164 valence electrons. The van der Waals surface area contributed by atoms with Crippen LogP contribution in [0, 0.1) is 0 Å². The number of likely N-dealkylation sites (tertiary alicyclic amines) is 1. The van der Waals surface area contributed by atoms with Crippen molar-refractivity contribution >= 4 is 17.5 Å². The fourth-order valence-electron chi connectivity index (χ4n) is 4.43. The number of amides is 2. The van der Waals surface area contributed by atoms with E-state index in [0.717, 1.165) is 29.9 Å². The Hall–Kier alpha value is -3.22. The fraction of sp³-hybridized carbons (Fsp3) is 0.417. The minimum absolute atomic E-state index is 0.0248. The van der Waals surface area contributed by atoms with E-state index in [1.54, 1.807) is 26.0 Å². The first kappa shape index (κ1) is 21.0. The van der Waals surface area contributed by atoms with Crippen LogP contribution in [0.1, 0.15) is 37.8 Å². The zero-order valence-corrected chi connectivity index (χ0v) is 18.2. The molecule has 2 atom stereocenters. The molecule has 0 N–H and O–H groups in total. The van der Waals surface area contributed by atoms with E-state index >= 15 is 0 Å². The lowest BCUT2D eigenvalue weighted by molar-refractivity contribution is -0.132. The number of hydrogen-bond acceptors (Lipinski definition) is 5. The fourth-order valence-corrected chi connectivity index (χ4v) is 4.43. The van der Waals surface area contributed by atoms with Gasteiger partial charge in [-0.3, -0.25) is 9.59 Å². The summed E-state index contributed by atoms with van der Waals surface area (Å²) in [6, 6.07) is 13.0. The second kappa shape index (κ2) is 8.88. The standard InChI is InChI=1S/C24H28N2O5/c1-16-24(28)26(20-7-4-5-9-22(20)31-16)14-12-23(27)25-13-6-8-19(25)18-15-17(29-2)10-11-21(18)30-3/h4-5,7,9-11,15-16,19H,6,8,12-14H2,1-3H3. The maximum Gasteiger partial charge on any atom is 0.267 e. The Morgan fingerprint density at radius 3 is 2.74 bits per heavy atom. The minimum atomic E-state index is -0.564. The highest BCUT2D eigenvalue weighted by atomic mass is 16.5. The number of anilines is 1. The number of fused-ring (bicyclic) bond motifs is 1. The van der Waals surface area contributed by atoms with Crippen LogP contribution in [0.4, 0.5) is 5.69 Å². The molecule has 7 heteroatoms. The Balaban J connectivity index is 1.51. The molecule has 0 aliphatic carbocycles. The normalized spacial score (nSPS) is 20.3. The van der Waals surface area contributed by atoms with Gasteiger partial charge in [-0.05, 0) is 50.1 Å². The molecule has 2 heterocycles. The summed E-state index contributed by atoms with van der Waals surface area (Å²) < 4.78 is 16.6. The molecule has 31 heavy (non-hydrogen) atoms. The van der Waals surface area contributed by atoms with Crippen molar-refractivity contribution in [1.82, 2.24) is 4.90 Å². The first-order chi connectivity index (χ1) is 15.0. The van der Waals surface area contributed by atoms with E-state index in [-0.39, 0.29) is 24.3 Å². The van der Waals surface area contributed by atoms with Gasteiger partial charge in [0.2, 0.25) is 5.91 Å². The molecular weight excluding hydrogens is 396 g/mol. The number of hydrogen-bond donors (Lipinski definition) is 0. The Morgan fingerprint density at radius 1 is 1.16 bits per heavy atom. The van der Waals surface area contributed by atoms with E-state index in [1.807, 2.05) is 47.4 Å². The second-order valence-electron chi connectivity index (χ2n) is 7.82. The first-order valence-corrected chi connectivity index (χ1v) is 10.6. The van der Waals surface area contributed by atoms with Crippen molar-refractivity contribution in [3.63, 3.8) is 0 Å². The number of nitrogens with zero attached hydrogens (tertiary/aromatic N) is 2. The van der Waals surface area contributed by atoms with E-state index in [2.05, 4.69) is 0 Å². The van der Waals surface area contributed by atoms with Gasteiger partial charge in [-0.15, -0.1) is 0 Å². The van der Waals surface area contributed by atoms with Crippen molar-refractivity contribution in [2.45, 2.75) is 38.3 Å². The molecule has 1 fully saturated rings. The van der Waals surface area contributed by atoms with E-state index in [0.29, 0.717) is 24.5 Å². The Morgan fingerprint density at radius 2 is 1.97 bits per heavy atom. The summed E-state index contributed by atoms with van der Waals surface area (Å²) >= 11 is 0. The smallest absolute Gasteiger partial charge is 0.267 e. The van der Waals surface area contributed by atoms with Crippen LogP contribution in [0.15, 0.2) is 42.5 Å². The molecule has 1 saturated heterocycles. The summed E-state index contributed by atoms with van der Waals surface area (Å²) in [5.41, 5.74) is 1.67. The third-order valence-corrected chi connectivity index (χ3v) is 5.99. The molecule has 2 aromatic carbocycles. The van der Waals surface area contributed by atoms with Gasteiger partial charge in [0.15, 0.2) is 6.10 Å². The van der Waals surface area contributed by atoms with Crippen LogP contribution < -0.4 is 19.1 Å². The van der Waals surface area contributed by atoms with Crippen molar-refractivity contribution in [2.24, 2.45) is 0 Å². The third kappa shape index (κ3) is 4.04. The predicted molar refractivity (Wildman–Crippen MR) is 117 cm³/mol. The van der Waals surface area contributed by atoms with Crippen LogP contribution in [0.25, 0.3) is 0 Å². The molecule has 0 aromatic heterocycles. The van der Waals surface area contributed by atoms with Crippen molar-refractivity contribution in [1.29, 1.82) is 0 Å². The molecule has 4 rings (SSSR count). The highest BCUT2D eigenvalue weighted by Crippen LogP contribution is 2.39. The maximum atomic E-state index is 13.2. The molecule has 2 aromatic rings. The van der Waals surface area contributed by atoms with E-state index in [9.17, 15) is 9.59 Å². The van der Waals surface area contributed by atoms with Crippen molar-refractivity contribution in [2.75, 3.05) is 32.2 Å². The average molecular weight is 424 g/mol. The summed E-state index contributed by atoms with van der Waals surface area (Å²) in [6.07, 6.45) is 1.47. The molecular formula is C24H28N2O5. The number of ether oxygens (including phenoxy) is 3. The van der Waals surface area contributed by atoms with Gasteiger partial charge in [0.25, 0.3) is 5.91 Å². The molecule has 0 bridgehead atoms. The zero-order valence-electron chi connectivity index (χ0n) is 18.2. The Kier molecular flexibility index (Phi) is 6.02. The van der Waals surface area contributed by atoms with Gasteiger partial charge in [-0.25, -0.2) is 0 Å². The summed E-state index contributed by atoms with van der Waals surface area (Å²) in [5.74, 6) is 2.05. The average Bonchev–Trinajstić information content (AvgIpc) is 3.28. The summed E-state index contributed by atoms with van der Waals surface area (Å²) in [7, 11) is 3.26. The van der Waals surface area contributed by atoms with Crippen LogP contribution in [0.3, 0.4) is 0 Å². The largest absolute Gasteiger partial charge is 0.497 e. The van der Waals surface area contributed by atoms with Crippen LogP contribution in [0.5, 0.6) is 17.2 Å². The number of methoxy groups -OCH3 is 2. The van der Waals surface area contributed by atoms with Gasteiger partial charge in [0.1, 0.15) is 17.2 Å². The zero-order chi connectivity index (χ0) is 22.0. The summed E-state index contributed by atoms with van der Waals surface area (Å²) in [6.45, 7) is 2.74. The Labute approximate surface area is 182 Å². The van der Waals surface area contributed by atoms with Gasteiger partial charge in [-0.1, -0.05) is 12.1 Å². The van der Waals surface area contributed by atoms with Gasteiger partial charge >= 0.3 is 0 Å². The molecule has 2 aliphatic heterocycles. The van der Waals surface area contributed by atoms with Gasteiger partial charge < -0.3 is 24.0 Å². The van der Waals surface area contributed by atoms with Crippen LogP contribution in [0.2, 0.25) is 0 Å². The SMILES string of the molecule is COc1ccc(OC)c(C2CCCN2C(=O)CCN2C(=O)C(C)Oc3ccccc32)c1. The highest BCUT2D eigenvalue weighted by molar-refractivity contribution is 6.00. The van der Waals surface area contributed by atoms with Crippen molar-refractivity contribution < 1.29 is 23.8 Å². The molecule has 0 saturated carbocycles. The van der Waals surface area contributed by atoms with Crippen LogP contribution in [-0.4, -0.2) is 50.1 Å². The predicted octanol–water partition coefficient (Wildman–Crippen LogP) is 3.57. The lowest BCUT2D eigenvalue weighted by atomic mass is 10.0. The van der Waals surface area contributed by atoms with Crippen LogP contribution >= 0.6 is 0 Å². The molecule has 0 radical (unpaired) electrons. The van der Waals surface area contributed by atoms with E-state index in [1.165, 1.54) is 0 Å². The number of rotatable bonds is 6. The highest BCUT2D eigenvalue weighted by Gasteiger charge is 2.35. The quantitative estimate of drug-likeness (QED) is 0.709. The molecule has 7 nitrogen and oxygen atoms in total. The number of carbonyl (C=O) groups excluding carboxylic acids is 2. The second-order valence-corrected chi connectivity index (χ2v) is 7.82. The molecule has 2 amide bonds. The first-order valence-electron chi connectivity index (χ1n) is 10.6. The van der Waals surface area contributed by atoms with Gasteiger partial charge in [0, 0.05) is 25.1 Å². The topological polar surface area (TPSA) is 68.3 Å². The minimum Gasteiger partial charge on any atom is -0.497 e. The Bertz CT molecular complexity index is 976. The monoisotopic (exact) mass is 424 g/mol.